The highest BCUT2D eigenvalue weighted by Gasteiger charge is 2.44. The van der Waals surface area contributed by atoms with E-state index in [-0.39, 0.29) is 5.41 Å². The summed E-state index contributed by atoms with van der Waals surface area (Å²) >= 11 is 3.36. The summed E-state index contributed by atoms with van der Waals surface area (Å²) in [5.74, 6) is 0. The van der Waals surface area contributed by atoms with E-state index in [4.69, 9.17) is 5.73 Å². The van der Waals surface area contributed by atoms with Gasteiger partial charge in [0.2, 0.25) is 0 Å². The van der Waals surface area contributed by atoms with Gasteiger partial charge in [-0.1, -0.05) is 6.07 Å². The van der Waals surface area contributed by atoms with Gasteiger partial charge < -0.3 is 5.73 Å². The first kappa shape index (κ1) is 8.20. The number of halogens is 1. The zero-order valence-corrected chi connectivity index (χ0v) is 8.34. The van der Waals surface area contributed by atoms with Crippen LogP contribution in [-0.4, -0.2) is 11.5 Å². The molecule has 0 aromatic carbocycles. The normalized spacial score (nSPS) is 19.2. The van der Waals surface area contributed by atoms with Gasteiger partial charge in [0, 0.05) is 17.7 Å². The second-order valence-corrected chi connectivity index (χ2v) is 4.14. The molecule has 2 nitrogen and oxygen atoms in total. The van der Waals surface area contributed by atoms with Crippen LogP contribution in [-0.2, 0) is 5.41 Å². The van der Waals surface area contributed by atoms with Gasteiger partial charge in [-0.15, -0.1) is 0 Å². The van der Waals surface area contributed by atoms with Crippen LogP contribution in [0.3, 0.4) is 0 Å². The number of aromatic nitrogens is 1. The minimum absolute atomic E-state index is 0.212. The van der Waals surface area contributed by atoms with Gasteiger partial charge in [-0.05, 0) is 40.9 Å². The van der Waals surface area contributed by atoms with Crippen molar-refractivity contribution >= 4 is 15.9 Å². The van der Waals surface area contributed by atoms with Crippen LogP contribution in [0.2, 0.25) is 0 Å². The standard InChI is InChI=1S/C9H11BrN2/c10-8-3-1-2-7(12-8)9(6-11)4-5-9/h1-3H,4-6,11H2. The Bertz CT molecular complexity index is 294. The van der Waals surface area contributed by atoms with Crippen LogP contribution in [0.4, 0.5) is 0 Å². The van der Waals surface area contributed by atoms with Crippen molar-refractivity contribution in [1.82, 2.24) is 4.98 Å². The molecule has 0 amide bonds. The third-order valence-corrected chi connectivity index (χ3v) is 2.94. The maximum absolute atomic E-state index is 5.70. The lowest BCUT2D eigenvalue weighted by molar-refractivity contribution is 0.676. The van der Waals surface area contributed by atoms with Crippen molar-refractivity contribution in [1.29, 1.82) is 0 Å². The molecule has 0 bridgehead atoms. The molecule has 1 aliphatic carbocycles. The van der Waals surface area contributed by atoms with Crippen LogP contribution in [0.25, 0.3) is 0 Å². The lowest BCUT2D eigenvalue weighted by Crippen LogP contribution is -2.20. The van der Waals surface area contributed by atoms with Crippen LogP contribution in [0, 0.1) is 0 Å². The molecular weight excluding hydrogens is 216 g/mol. The predicted octanol–water partition coefficient (Wildman–Crippen LogP) is 1.83. The average Bonchev–Trinajstić information content (AvgIpc) is 2.84. The fourth-order valence-corrected chi connectivity index (χ4v) is 1.76. The zero-order chi connectivity index (χ0) is 8.60. The Balaban J connectivity index is 2.34. The number of pyridine rings is 1. The number of hydrogen-bond donors (Lipinski definition) is 1. The van der Waals surface area contributed by atoms with Crippen molar-refractivity contribution in [3.05, 3.63) is 28.5 Å². The van der Waals surface area contributed by atoms with Crippen molar-refractivity contribution in [2.75, 3.05) is 6.54 Å². The molecule has 1 fully saturated rings. The molecule has 1 aromatic heterocycles. The summed E-state index contributed by atoms with van der Waals surface area (Å²) in [7, 11) is 0. The van der Waals surface area contributed by atoms with E-state index in [9.17, 15) is 0 Å². The molecule has 0 spiro atoms. The third-order valence-electron chi connectivity index (χ3n) is 2.50. The van der Waals surface area contributed by atoms with E-state index in [2.05, 4.69) is 27.0 Å². The molecule has 3 heteroatoms. The van der Waals surface area contributed by atoms with Crippen molar-refractivity contribution in [2.24, 2.45) is 5.73 Å². The molecule has 0 radical (unpaired) electrons. The maximum atomic E-state index is 5.70. The van der Waals surface area contributed by atoms with Gasteiger partial charge >= 0.3 is 0 Å². The highest BCUT2D eigenvalue weighted by atomic mass is 79.9. The molecule has 2 N–H and O–H groups in total. The van der Waals surface area contributed by atoms with Gasteiger partial charge in [-0.25, -0.2) is 4.98 Å². The molecule has 0 saturated heterocycles. The minimum atomic E-state index is 0.212. The Hall–Kier alpha value is -0.410. The molecule has 64 valence electrons. The van der Waals surface area contributed by atoms with Crippen molar-refractivity contribution < 1.29 is 0 Å². The number of nitrogens with two attached hydrogens (primary N) is 1. The Morgan fingerprint density at radius 2 is 2.25 bits per heavy atom. The maximum Gasteiger partial charge on any atom is 0.106 e. The summed E-state index contributed by atoms with van der Waals surface area (Å²) in [5.41, 5.74) is 7.05. The van der Waals surface area contributed by atoms with Gasteiger partial charge in [0.15, 0.2) is 0 Å². The number of rotatable bonds is 2. The van der Waals surface area contributed by atoms with Crippen LogP contribution in [0.15, 0.2) is 22.8 Å². The predicted molar refractivity (Wildman–Crippen MR) is 51.9 cm³/mol. The molecular formula is C9H11BrN2. The number of nitrogens with zero attached hydrogens (tertiary/aromatic N) is 1. The summed E-state index contributed by atoms with van der Waals surface area (Å²) in [5, 5.41) is 0. The first-order chi connectivity index (χ1) is 5.77. The van der Waals surface area contributed by atoms with Crippen molar-refractivity contribution in [3.8, 4) is 0 Å². The molecule has 12 heavy (non-hydrogen) atoms. The fraction of sp³-hybridized carbons (Fsp3) is 0.444. The average molecular weight is 227 g/mol. The summed E-state index contributed by atoms with van der Waals surface area (Å²) in [4.78, 5) is 4.41. The first-order valence-corrected chi connectivity index (χ1v) is 4.89. The summed E-state index contributed by atoms with van der Waals surface area (Å²) < 4.78 is 0.903. The van der Waals surface area contributed by atoms with E-state index in [0.29, 0.717) is 0 Å². The molecule has 1 saturated carbocycles. The van der Waals surface area contributed by atoms with Gasteiger partial charge in [0.1, 0.15) is 4.60 Å². The second kappa shape index (κ2) is 2.82. The van der Waals surface area contributed by atoms with E-state index in [0.717, 1.165) is 16.8 Å². The molecule has 1 aliphatic rings. The van der Waals surface area contributed by atoms with Crippen molar-refractivity contribution in [2.45, 2.75) is 18.3 Å². The van der Waals surface area contributed by atoms with Crippen LogP contribution in [0.5, 0.6) is 0 Å². The summed E-state index contributed by atoms with van der Waals surface area (Å²) in [6.07, 6.45) is 2.37. The molecule has 2 rings (SSSR count). The Labute approximate surface area is 80.3 Å². The molecule has 0 atom stereocenters. The molecule has 1 aromatic rings. The first-order valence-electron chi connectivity index (χ1n) is 4.10. The fourth-order valence-electron chi connectivity index (χ4n) is 1.42. The monoisotopic (exact) mass is 226 g/mol. The minimum Gasteiger partial charge on any atom is -0.330 e. The Morgan fingerprint density at radius 1 is 1.50 bits per heavy atom. The van der Waals surface area contributed by atoms with Crippen LogP contribution < -0.4 is 5.73 Å². The second-order valence-electron chi connectivity index (χ2n) is 3.33. The highest BCUT2D eigenvalue weighted by Crippen LogP contribution is 2.46. The van der Waals surface area contributed by atoms with Gasteiger partial charge in [-0.2, -0.15) is 0 Å². The van der Waals surface area contributed by atoms with E-state index < -0.39 is 0 Å². The van der Waals surface area contributed by atoms with Crippen LogP contribution >= 0.6 is 15.9 Å². The lowest BCUT2D eigenvalue weighted by atomic mass is 10.0. The molecule has 0 aliphatic heterocycles. The lowest BCUT2D eigenvalue weighted by Gasteiger charge is -2.10. The molecule has 1 heterocycles. The summed E-state index contributed by atoms with van der Waals surface area (Å²) in [6, 6.07) is 6.02. The van der Waals surface area contributed by atoms with E-state index in [1.54, 1.807) is 0 Å². The SMILES string of the molecule is NCC1(c2cccc(Br)n2)CC1. The van der Waals surface area contributed by atoms with E-state index in [1.165, 1.54) is 12.8 Å². The van der Waals surface area contributed by atoms with Gasteiger partial charge in [0.05, 0.1) is 0 Å². The quantitative estimate of drug-likeness (QED) is 0.783. The van der Waals surface area contributed by atoms with E-state index >= 15 is 0 Å². The van der Waals surface area contributed by atoms with Gasteiger partial charge in [-0.3, -0.25) is 0 Å². The van der Waals surface area contributed by atoms with E-state index in [1.807, 2.05) is 12.1 Å². The third kappa shape index (κ3) is 1.27. The largest absolute Gasteiger partial charge is 0.330 e. The Kier molecular flexibility index (Phi) is 1.93. The van der Waals surface area contributed by atoms with Crippen molar-refractivity contribution in [3.63, 3.8) is 0 Å². The Morgan fingerprint density at radius 3 is 2.75 bits per heavy atom. The summed E-state index contributed by atoms with van der Waals surface area (Å²) in [6.45, 7) is 0.719. The zero-order valence-electron chi connectivity index (χ0n) is 6.76. The molecule has 0 unspecified atom stereocenters. The smallest absolute Gasteiger partial charge is 0.106 e. The number of hydrogen-bond acceptors (Lipinski definition) is 2. The topological polar surface area (TPSA) is 38.9 Å². The highest BCUT2D eigenvalue weighted by molar-refractivity contribution is 9.10. The van der Waals surface area contributed by atoms with Crippen LogP contribution in [0.1, 0.15) is 18.5 Å². The van der Waals surface area contributed by atoms with Gasteiger partial charge in [0.25, 0.3) is 0 Å².